The summed E-state index contributed by atoms with van der Waals surface area (Å²) in [5, 5.41) is 0. The van der Waals surface area contributed by atoms with E-state index in [-0.39, 0.29) is 37.5 Å². The molecule has 0 saturated carbocycles. The average molecular weight is 1100 g/mol. The largest absolute Gasteiger partial charge is 0.462 e. The molecule has 0 aromatic heterocycles. The van der Waals surface area contributed by atoms with Crippen molar-refractivity contribution in [3.63, 3.8) is 0 Å². The summed E-state index contributed by atoms with van der Waals surface area (Å²) in [6.45, 7) is 6.40. The smallest absolute Gasteiger partial charge is 0.306 e. The molecule has 0 aliphatic carbocycles. The molecule has 0 aromatic rings. The van der Waals surface area contributed by atoms with E-state index in [9.17, 15) is 14.4 Å². The first-order valence-electron chi connectivity index (χ1n) is 32.5. The lowest BCUT2D eigenvalue weighted by molar-refractivity contribution is -0.167. The standard InChI is InChI=1S/C74H118O6/c1-4-7-10-13-16-19-22-25-28-30-32-33-34-35-36-37-38-39-40-41-43-44-46-49-52-55-58-61-64-67-73(76)79-70-71(69-78-72(75)66-63-60-57-54-51-48-27-24-21-18-15-12-9-6-3)80-74(77)68-65-62-59-56-53-50-47-45-42-31-29-26-23-20-17-14-11-8-5-2/h7,10,15-20,24-29,32-33,35-36,38-39,41,43,46,49,55,58,71H,4-6,8-9,11-14,21-23,30-31,34,37,40,42,44-45,47-48,50-54,56-57,59-70H2,1-3H3/b10-7-,18-15-,19-16-,20-17-,27-24-,28-25-,29-26-,33-32-,36-35-,39-38-,43-41-,49-46-,58-55-. The summed E-state index contributed by atoms with van der Waals surface area (Å²) in [5.74, 6) is -0.992. The van der Waals surface area contributed by atoms with Crippen molar-refractivity contribution in [3.05, 3.63) is 158 Å². The fourth-order valence-corrected chi connectivity index (χ4v) is 8.37. The van der Waals surface area contributed by atoms with Crippen molar-refractivity contribution in [2.24, 2.45) is 0 Å². The SMILES string of the molecule is CC/C=C\C/C=C\C/C=C\C/C=C\C/C=C\C/C=C\C/C=C\C/C=C\C/C=C\CCCC(=O)OCC(COC(=O)CCCCCCC/C=C\C/C=C\CCCC)OC(=O)CCCCCCCCCCC/C=C\C/C=C\CCCCC. The minimum absolute atomic E-state index is 0.111. The van der Waals surface area contributed by atoms with Crippen LogP contribution in [-0.4, -0.2) is 37.2 Å². The molecular formula is C74H118O6. The number of esters is 3. The molecule has 6 heteroatoms. The molecule has 0 aromatic carbocycles. The van der Waals surface area contributed by atoms with Gasteiger partial charge in [0.25, 0.3) is 0 Å². The molecule has 450 valence electrons. The first-order chi connectivity index (χ1) is 39.5. The van der Waals surface area contributed by atoms with E-state index in [1.807, 2.05) is 0 Å². The Kier molecular flexibility index (Phi) is 62.4. The van der Waals surface area contributed by atoms with Crippen molar-refractivity contribution in [3.8, 4) is 0 Å². The summed E-state index contributed by atoms with van der Waals surface area (Å²) in [5.41, 5.74) is 0. The van der Waals surface area contributed by atoms with Gasteiger partial charge in [0.2, 0.25) is 0 Å². The summed E-state index contributed by atoms with van der Waals surface area (Å²) < 4.78 is 16.9. The molecule has 0 spiro atoms. The lowest BCUT2D eigenvalue weighted by Gasteiger charge is -2.18. The third-order valence-electron chi connectivity index (χ3n) is 13.2. The van der Waals surface area contributed by atoms with Gasteiger partial charge in [0.15, 0.2) is 6.10 Å². The van der Waals surface area contributed by atoms with Crippen molar-refractivity contribution >= 4 is 17.9 Å². The Morgan fingerprint density at radius 1 is 0.263 bits per heavy atom. The van der Waals surface area contributed by atoms with Crippen LogP contribution in [0.1, 0.15) is 271 Å². The van der Waals surface area contributed by atoms with Crippen LogP contribution in [0.2, 0.25) is 0 Å². The van der Waals surface area contributed by atoms with E-state index in [0.717, 1.165) is 135 Å². The van der Waals surface area contributed by atoms with Crippen molar-refractivity contribution in [1.29, 1.82) is 0 Å². The first kappa shape index (κ1) is 75.0. The molecule has 0 radical (unpaired) electrons. The molecule has 0 N–H and O–H groups in total. The highest BCUT2D eigenvalue weighted by Crippen LogP contribution is 2.14. The molecule has 0 aliphatic rings. The number of unbranched alkanes of at least 4 members (excludes halogenated alkanes) is 20. The highest BCUT2D eigenvalue weighted by atomic mass is 16.6. The molecular weight excluding hydrogens is 985 g/mol. The van der Waals surface area contributed by atoms with Gasteiger partial charge in [-0.2, -0.15) is 0 Å². The molecule has 6 nitrogen and oxygen atoms in total. The molecule has 0 amide bonds. The maximum absolute atomic E-state index is 12.9. The van der Waals surface area contributed by atoms with Crippen molar-refractivity contribution in [1.82, 2.24) is 0 Å². The predicted octanol–water partition coefficient (Wildman–Crippen LogP) is 22.5. The Morgan fingerprint density at radius 2 is 0.512 bits per heavy atom. The summed E-state index contributed by atoms with van der Waals surface area (Å²) in [4.78, 5) is 38.3. The minimum Gasteiger partial charge on any atom is -0.462 e. The maximum atomic E-state index is 12.9. The summed E-state index contributed by atoms with van der Waals surface area (Å²) in [7, 11) is 0. The van der Waals surface area contributed by atoms with E-state index in [0.29, 0.717) is 19.3 Å². The minimum atomic E-state index is -0.818. The third kappa shape index (κ3) is 63.9. The van der Waals surface area contributed by atoms with Gasteiger partial charge in [-0.05, 0) is 141 Å². The van der Waals surface area contributed by atoms with Crippen LogP contribution in [0.25, 0.3) is 0 Å². The van der Waals surface area contributed by atoms with Crippen molar-refractivity contribution in [2.75, 3.05) is 13.2 Å². The van der Waals surface area contributed by atoms with E-state index in [1.54, 1.807) is 0 Å². The lowest BCUT2D eigenvalue weighted by Crippen LogP contribution is -2.30. The molecule has 0 bridgehead atoms. The third-order valence-corrected chi connectivity index (χ3v) is 13.2. The topological polar surface area (TPSA) is 78.9 Å². The van der Waals surface area contributed by atoms with Gasteiger partial charge in [-0.1, -0.05) is 269 Å². The quantitative estimate of drug-likeness (QED) is 0.0261. The van der Waals surface area contributed by atoms with Crippen LogP contribution >= 0.6 is 0 Å². The second-order valence-corrected chi connectivity index (χ2v) is 20.9. The first-order valence-corrected chi connectivity index (χ1v) is 32.5. The zero-order valence-corrected chi connectivity index (χ0v) is 51.5. The van der Waals surface area contributed by atoms with Gasteiger partial charge < -0.3 is 14.2 Å². The molecule has 0 rings (SSSR count). The number of allylic oxidation sites excluding steroid dienone is 26. The average Bonchev–Trinajstić information content (AvgIpc) is 3.46. The van der Waals surface area contributed by atoms with Gasteiger partial charge in [-0.15, -0.1) is 0 Å². The van der Waals surface area contributed by atoms with Gasteiger partial charge in [0.1, 0.15) is 13.2 Å². The maximum Gasteiger partial charge on any atom is 0.306 e. The van der Waals surface area contributed by atoms with Gasteiger partial charge in [-0.3, -0.25) is 14.4 Å². The Bertz CT molecular complexity index is 1790. The summed E-state index contributed by atoms with van der Waals surface area (Å²) >= 11 is 0. The van der Waals surface area contributed by atoms with Crippen molar-refractivity contribution in [2.45, 2.75) is 277 Å². The molecule has 80 heavy (non-hydrogen) atoms. The molecule has 1 unspecified atom stereocenters. The van der Waals surface area contributed by atoms with Crippen LogP contribution in [0, 0.1) is 0 Å². The summed E-state index contributed by atoms with van der Waals surface area (Å²) in [6, 6.07) is 0. The molecule has 0 fully saturated rings. The van der Waals surface area contributed by atoms with Crippen LogP contribution < -0.4 is 0 Å². The van der Waals surface area contributed by atoms with Crippen LogP contribution in [0.4, 0.5) is 0 Å². The number of rotatable bonds is 57. The Morgan fingerprint density at radius 3 is 0.850 bits per heavy atom. The van der Waals surface area contributed by atoms with Crippen LogP contribution in [0.15, 0.2) is 158 Å². The van der Waals surface area contributed by atoms with E-state index < -0.39 is 6.10 Å². The molecule has 1 atom stereocenters. The van der Waals surface area contributed by atoms with Gasteiger partial charge in [-0.25, -0.2) is 0 Å². The Hall–Kier alpha value is -4.97. The molecule has 0 aliphatic heterocycles. The van der Waals surface area contributed by atoms with E-state index in [2.05, 4.69) is 179 Å². The summed E-state index contributed by atoms with van der Waals surface area (Å²) in [6.07, 6.45) is 96.8. The fraction of sp³-hybridized carbons (Fsp3) is 0.608. The zero-order valence-electron chi connectivity index (χ0n) is 51.5. The van der Waals surface area contributed by atoms with Crippen LogP contribution in [0.3, 0.4) is 0 Å². The van der Waals surface area contributed by atoms with Crippen molar-refractivity contribution < 1.29 is 28.6 Å². The van der Waals surface area contributed by atoms with Gasteiger partial charge in [0.05, 0.1) is 0 Å². The van der Waals surface area contributed by atoms with Gasteiger partial charge in [0, 0.05) is 19.3 Å². The number of hydrogen-bond acceptors (Lipinski definition) is 6. The monoisotopic (exact) mass is 1100 g/mol. The normalized spacial score (nSPS) is 13.2. The lowest BCUT2D eigenvalue weighted by atomic mass is 10.1. The Balaban J connectivity index is 4.48. The fourth-order valence-electron chi connectivity index (χ4n) is 8.37. The van der Waals surface area contributed by atoms with E-state index >= 15 is 0 Å². The second-order valence-electron chi connectivity index (χ2n) is 20.9. The highest BCUT2D eigenvalue weighted by molar-refractivity contribution is 5.71. The van der Waals surface area contributed by atoms with Gasteiger partial charge >= 0.3 is 17.9 Å². The zero-order chi connectivity index (χ0) is 57.8. The van der Waals surface area contributed by atoms with E-state index in [1.165, 1.54) is 89.9 Å². The number of hydrogen-bond donors (Lipinski definition) is 0. The highest BCUT2D eigenvalue weighted by Gasteiger charge is 2.19. The van der Waals surface area contributed by atoms with Crippen LogP contribution in [-0.2, 0) is 28.6 Å². The predicted molar refractivity (Wildman–Crippen MR) is 348 cm³/mol. The van der Waals surface area contributed by atoms with Crippen LogP contribution in [0.5, 0.6) is 0 Å². The number of carbonyl (C=O) groups is 3. The Labute approximate surface area is 492 Å². The molecule has 0 saturated heterocycles. The van der Waals surface area contributed by atoms with E-state index in [4.69, 9.17) is 14.2 Å². The number of carbonyl (C=O) groups excluding carboxylic acids is 3. The number of ether oxygens (including phenoxy) is 3. The molecule has 0 heterocycles. The second kappa shape index (κ2) is 66.5.